The summed E-state index contributed by atoms with van der Waals surface area (Å²) in [5.74, 6) is -4.82. The number of aromatic carboxylic acids is 1. The molecular weight excluding hydrogens is 616 g/mol. The molecule has 43 heavy (non-hydrogen) atoms. The van der Waals surface area contributed by atoms with Gasteiger partial charge in [-0.25, -0.2) is 17.6 Å². The summed E-state index contributed by atoms with van der Waals surface area (Å²) < 4.78 is 82.9. The van der Waals surface area contributed by atoms with Gasteiger partial charge in [-0.05, 0) is 54.7 Å². The number of rotatable bonds is 8. The number of carboxylic acids is 1. The number of methoxy groups -OCH3 is 1. The molecule has 2 bridgehead atoms. The number of carbonyl (C=O) groups excluding carboxylic acids is 2. The topological polar surface area (TPSA) is 139 Å². The molecule has 9 nitrogen and oxygen atoms in total. The summed E-state index contributed by atoms with van der Waals surface area (Å²) in [6.07, 6.45) is 4.14. The summed E-state index contributed by atoms with van der Waals surface area (Å²) >= 11 is 0.820. The number of carboxylic acid groups (broad SMARTS) is 1. The highest BCUT2D eigenvalue weighted by molar-refractivity contribution is 7.92. The summed E-state index contributed by atoms with van der Waals surface area (Å²) in [6, 6.07) is 7.98. The Morgan fingerprint density at radius 1 is 1.05 bits per heavy atom. The van der Waals surface area contributed by atoms with Gasteiger partial charge in [-0.1, -0.05) is 18.2 Å². The van der Waals surface area contributed by atoms with E-state index in [4.69, 9.17) is 4.74 Å². The van der Waals surface area contributed by atoms with Gasteiger partial charge in [0.25, 0.3) is 15.7 Å². The van der Waals surface area contributed by atoms with Crippen LogP contribution in [0, 0.1) is 23.6 Å². The Balaban J connectivity index is 1.40. The highest BCUT2D eigenvalue weighted by atomic mass is 32.2. The summed E-state index contributed by atoms with van der Waals surface area (Å²) in [6.45, 7) is 0. The normalized spacial score (nSPS) is 21.0. The Kier molecular flexibility index (Phi) is 7.81. The summed E-state index contributed by atoms with van der Waals surface area (Å²) in [5, 5.41) is 14.5. The number of alkyl halides is 3. The van der Waals surface area contributed by atoms with Crippen LogP contribution >= 0.6 is 11.3 Å². The van der Waals surface area contributed by atoms with Crippen molar-refractivity contribution in [2.24, 2.45) is 17.8 Å². The fourth-order valence-electron chi connectivity index (χ4n) is 5.39. The van der Waals surface area contributed by atoms with Gasteiger partial charge < -0.3 is 20.5 Å². The van der Waals surface area contributed by atoms with Crippen LogP contribution < -0.4 is 15.4 Å². The Bertz CT molecular complexity index is 1770. The lowest BCUT2D eigenvalue weighted by Crippen LogP contribution is -2.47. The van der Waals surface area contributed by atoms with Crippen molar-refractivity contribution in [3.8, 4) is 16.2 Å². The van der Waals surface area contributed by atoms with E-state index in [2.05, 4.69) is 10.6 Å². The quantitative estimate of drug-likeness (QED) is 0.230. The zero-order chi connectivity index (χ0) is 31.3. The molecule has 2 aromatic carbocycles. The third-order valence-corrected chi connectivity index (χ3v) is 9.98. The fraction of sp³-hybridized carbons (Fsp3) is 0.250. The average Bonchev–Trinajstić information content (AvgIpc) is 3.69. The van der Waals surface area contributed by atoms with Crippen LogP contribution in [0.1, 0.15) is 26.5 Å². The maximum atomic E-state index is 14.9. The van der Waals surface area contributed by atoms with Gasteiger partial charge in [0.2, 0.25) is 5.91 Å². The maximum Gasteiger partial charge on any atom is 0.501 e. The third kappa shape index (κ3) is 5.61. The molecule has 226 valence electrons. The van der Waals surface area contributed by atoms with Crippen molar-refractivity contribution in [2.45, 2.75) is 22.9 Å². The number of amides is 2. The fourth-order valence-corrected chi connectivity index (χ4v) is 7.06. The van der Waals surface area contributed by atoms with Gasteiger partial charge in [-0.15, -0.1) is 11.3 Å². The van der Waals surface area contributed by atoms with Crippen LogP contribution in [0.2, 0.25) is 0 Å². The largest absolute Gasteiger partial charge is 0.501 e. The smallest absolute Gasteiger partial charge is 0.496 e. The molecule has 1 saturated carbocycles. The summed E-state index contributed by atoms with van der Waals surface area (Å²) in [7, 11) is -4.40. The molecule has 2 aliphatic rings. The number of fused-ring (bicyclic) bond motifs is 2. The van der Waals surface area contributed by atoms with Crippen molar-refractivity contribution in [1.82, 2.24) is 5.32 Å². The molecule has 1 fully saturated rings. The van der Waals surface area contributed by atoms with Gasteiger partial charge in [-0.2, -0.15) is 13.2 Å². The monoisotopic (exact) mass is 638 g/mol. The molecule has 0 aliphatic heterocycles. The first kappa shape index (κ1) is 30.2. The average molecular weight is 639 g/mol. The first-order chi connectivity index (χ1) is 20.2. The number of halogens is 4. The Morgan fingerprint density at radius 3 is 2.42 bits per heavy atom. The molecule has 1 aromatic heterocycles. The molecule has 0 saturated heterocycles. The number of hydrogen-bond acceptors (Lipinski definition) is 7. The SMILES string of the molecule is COc1cc(F)c(-c2ccc(C(=O)O)s2)cc1C(=O)NC1C2C=CC(C2)C1C(=O)Nc1cccc(S(=O)(=O)C(F)(F)F)c1. The second kappa shape index (κ2) is 11.1. The van der Waals surface area contributed by atoms with Crippen LogP contribution in [0.4, 0.5) is 23.2 Å². The predicted molar refractivity (Wildman–Crippen MR) is 147 cm³/mol. The van der Waals surface area contributed by atoms with Crippen LogP contribution in [0.5, 0.6) is 5.75 Å². The Labute approximate surface area is 246 Å². The van der Waals surface area contributed by atoms with Gasteiger partial charge in [0, 0.05) is 28.2 Å². The molecule has 0 radical (unpaired) electrons. The van der Waals surface area contributed by atoms with Crippen molar-refractivity contribution >= 4 is 44.6 Å². The first-order valence-electron chi connectivity index (χ1n) is 12.6. The Hall–Kier alpha value is -4.24. The molecule has 3 aromatic rings. The molecule has 0 spiro atoms. The molecule has 2 amide bonds. The van der Waals surface area contributed by atoms with Gasteiger partial charge in [0.1, 0.15) is 16.4 Å². The van der Waals surface area contributed by atoms with E-state index in [0.717, 1.165) is 29.5 Å². The summed E-state index contributed by atoms with van der Waals surface area (Å²) in [5.41, 5.74) is -5.79. The first-order valence-corrected chi connectivity index (χ1v) is 14.9. The zero-order valence-electron chi connectivity index (χ0n) is 22.0. The maximum absolute atomic E-state index is 14.9. The molecule has 5 rings (SSSR count). The van der Waals surface area contributed by atoms with Gasteiger partial charge in [-0.3, -0.25) is 9.59 Å². The number of carbonyl (C=O) groups is 3. The number of thiophene rings is 1. The molecule has 3 N–H and O–H groups in total. The minimum Gasteiger partial charge on any atom is -0.496 e. The lowest BCUT2D eigenvalue weighted by atomic mass is 9.87. The Morgan fingerprint density at radius 2 is 1.77 bits per heavy atom. The lowest BCUT2D eigenvalue weighted by molar-refractivity contribution is -0.121. The van der Waals surface area contributed by atoms with Gasteiger partial charge >= 0.3 is 11.5 Å². The number of benzene rings is 2. The van der Waals surface area contributed by atoms with Crippen molar-refractivity contribution < 1.29 is 50.2 Å². The highest BCUT2D eigenvalue weighted by Gasteiger charge is 2.49. The number of allylic oxidation sites excluding steroid dienone is 1. The molecule has 4 unspecified atom stereocenters. The van der Waals surface area contributed by atoms with Gasteiger partial charge in [0.15, 0.2) is 0 Å². The van der Waals surface area contributed by atoms with Crippen LogP contribution in [0.3, 0.4) is 0 Å². The van der Waals surface area contributed by atoms with Crippen molar-refractivity contribution in [3.05, 3.63) is 76.9 Å². The van der Waals surface area contributed by atoms with Crippen LogP contribution in [-0.4, -0.2) is 50.0 Å². The van der Waals surface area contributed by atoms with Gasteiger partial charge in [0.05, 0.1) is 23.5 Å². The van der Waals surface area contributed by atoms with E-state index in [1.807, 2.05) is 6.08 Å². The van der Waals surface area contributed by atoms with Crippen molar-refractivity contribution in [2.75, 3.05) is 12.4 Å². The van der Waals surface area contributed by atoms with E-state index in [-0.39, 0.29) is 44.2 Å². The molecule has 1 heterocycles. The van der Waals surface area contributed by atoms with E-state index < -0.39 is 55.8 Å². The van der Waals surface area contributed by atoms with Crippen LogP contribution in [-0.2, 0) is 14.6 Å². The van der Waals surface area contributed by atoms with Crippen LogP contribution in [0.15, 0.2) is 65.6 Å². The van der Waals surface area contributed by atoms with Crippen LogP contribution in [0.25, 0.3) is 10.4 Å². The second-order valence-corrected chi connectivity index (χ2v) is 13.0. The lowest BCUT2D eigenvalue weighted by Gasteiger charge is -2.28. The number of hydrogen-bond donors (Lipinski definition) is 3. The third-order valence-electron chi connectivity index (χ3n) is 7.39. The summed E-state index contributed by atoms with van der Waals surface area (Å²) in [4.78, 5) is 37.4. The van der Waals surface area contributed by atoms with E-state index in [9.17, 15) is 45.5 Å². The van der Waals surface area contributed by atoms with Crippen molar-refractivity contribution in [3.63, 3.8) is 0 Å². The minimum absolute atomic E-state index is 0.0274. The van der Waals surface area contributed by atoms with E-state index in [1.165, 1.54) is 31.4 Å². The van der Waals surface area contributed by atoms with E-state index in [0.29, 0.717) is 12.5 Å². The van der Waals surface area contributed by atoms with E-state index >= 15 is 0 Å². The molecule has 15 heteroatoms. The second-order valence-electron chi connectivity index (χ2n) is 9.94. The number of ether oxygens (including phenoxy) is 1. The number of sulfone groups is 1. The zero-order valence-corrected chi connectivity index (χ0v) is 23.6. The molecule has 2 aliphatic carbocycles. The molecular formula is C28H22F4N2O7S2. The van der Waals surface area contributed by atoms with E-state index in [1.54, 1.807) is 6.08 Å². The predicted octanol–water partition coefficient (Wildman–Crippen LogP) is 5.11. The number of anilines is 1. The highest BCUT2D eigenvalue weighted by Crippen LogP contribution is 2.45. The minimum atomic E-state index is -5.64. The van der Waals surface area contributed by atoms with Crippen molar-refractivity contribution in [1.29, 1.82) is 0 Å². The number of nitrogens with one attached hydrogen (secondary N) is 2. The molecule has 4 atom stereocenters. The standard InChI is InChI=1S/C28H22F4N2O7S2/c1-41-20-12-19(29)17(21-7-8-22(42-21)27(37)38)11-18(20)25(35)34-24-14-6-5-13(9-14)23(24)26(36)33-15-3-2-4-16(10-15)43(39,40)28(30,31)32/h2-8,10-14,23-24H,9H2,1H3,(H,33,36)(H,34,35)(H,37,38).